The van der Waals surface area contributed by atoms with E-state index in [1.54, 1.807) is 0 Å². The van der Waals surface area contributed by atoms with E-state index < -0.39 is 0 Å². The lowest BCUT2D eigenvalue weighted by Crippen LogP contribution is -2.15. The van der Waals surface area contributed by atoms with Crippen LogP contribution in [-0.4, -0.2) is 19.5 Å². The topological polar surface area (TPSA) is 43.6 Å². The van der Waals surface area contributed by atoms with Crippen LogP contribution in [0.1, 0.15) is 38.8 Å². The third-order valence-electron chi connectivity index (χ3n) is 13.8. The quantitative estimate of drug-likeness (QED) is 0.167. The first-order valence-electron chi connectivity index (χ1n) is 23.7. The summed E-state index contributed by atoms with van der Waals surface area (Å²) in [5.41, 5.74) is 15.8. The van der Waals surface area contributed by atoms with Gasteiger partial charge in [0.15, 0.2) is 11.6 Å². The van der Waals surface area contributed by atoms with Gasteiger partial charge in [-0.05, 0) is 102 Å². The lowest BCUT2D eigenvalue weighted by atomic mass is 9.81. The molecular weight excluding hydrogens is 825 g/mol. The van der Waals surface area contributed by atoms with Crippen molar-refractivity contribution >= 4 is 43.4 Å². The first kappa shape index (κ1) is 41.0. The SMILES string of the molecule is CC.CC1(C)c2cc(-c3cccc4c5cc6ccccc6cc5n(-c5nc(-c6cccc(-c7ccccc7)c6)nc(-c6cccc(-c7ccccc7)c6)n5)c34)ccc2-c2c1ccc1ccccc21. The highest BCUT2D eigenvalue weighted by molar-refractivity contribution is 6.17. The Hall–Kier alpha value is -8.47. The van der Waals surface area contributed by atoms with Crippen molar-refractivity contribution in [3.8, 4) is 73.2 Å². The Morgan fingerprint density at radius 1 is 0.353 bits per heavy atom. The molecule has 0 amide bonds. The molecule has 68 heavy (non-hydrogen) atoms. The highest BCUT2D eigenvalue weighted by Crippen LogP contribution is 2.52. The summed E-state index contributed by atoms with van der Waals surface area (Å²) in [6, 6.07) is 78.5. The fraction of sp³-hybridized carbons (Fsp3) is 0.0781. The van der Waals surface area contributed by atoms with Crippen molar-refractivity contribution in [2.45, 2.75) is 33.1 Å². The van der Waals surface area contributed by atoms with Gasteiger partial charge in [0, 0.05) is 32.9 Å². The zero-order chi connectivity index (χ0) is 45.9. The number of fused-ring (bicyclic) bond motifs is 9. The molecule has 0 bridgehead atoms. The molecular formula is C64H48N4. The van der Waals surface area contributed by atoms with E-state index in [9.17, 15) is 0 Å². The zero-order valence-electron chi connectivity index (χ0n) is 38.6. The van der Waals surface area contributed by atoms with Crippen LogP contribution in [0.2, 0.25) is 0 Å². The molecule has 0 unspecified atom stereocenters. The molecule has 0 atom stereocenters. The normalized spacial score (nSPS) is 12.5. The van der Waals surface area contributed by atoms with Crippen molar-refractivity contribution in [1.29, 1.82) is 0 Å². The van der Waals surface area contributed by atoms with Crippen LogP contribution in [0.4, 0.5) is 0 Å². The summed E-state index contributed by atoms with van der Waals surface area (Å²) in [6.45, 7) is 8.74. The van der Waals surface area contributed by atoms with Gasteiger partial charge in [-0.1, -0.05) is 216 Å². The zero-order valence-corrected chi connectivity index (χ0v) is 38.6. The maximum absolute atomic E-state index is 5.48. The van der Waals surface area contributed by atoms with Gasteiger partial charge in [0.2, 0.25) is 5.95 Å². The average Bonchev–Trinajstić information content (AvgIpc) is 3.86. The monoisotopic (exact) mass is 872 g/mol. The van der Waals surface area contributed by atoms with Crippen molar-refractivity contribution in [3.05, 3.63) is 230 Å². The van der Waals surface area contributed by atoms with E-state index in [0.29, 0.717) is 17.6 Å². The number of rotatable bonds is 6. The van der Waals surface area contributed by atoms with Gasteiger partial charge in [-0.3, -0.25) is 4.57 Å². The highest BCUT2D eigenvalue weighted by Gasteiger charge is 2.37. The summed E-state index contributed by atoms with van der Waals surface area (Å²) >= 11 is 0. The fourth-order valence-corrected chi connectivity index (χ4v) is 10.5. The Bertz CT molecular complexity index is 3800. The van der Waals surface area contributed by atoms with Crippen LogP contribution in [0.25, 0.3) is 117 Å². The third-order valence-corrected chi connectivity index (χ3v) is 13.8. The fourth-order valence-electron chi connectivity index (χ4n) is 10.5. The number of hydrogen-bond donors (Lipinski definition) is 0. The van der Waals surface area contributed by atoms with E-state index in [4.69, 9.17) is 15.0 Å². The maximum Gasteiger partial charge on any atom is 0.238 e. The number of aromatic nitrogens is 4. The highest BCUT2D eigenvalue weighted by atomic mass is 15.2. The molecule has 10 aromatic carbocycles. The van der Waals surface area contributed by atoms with E-state index in [1.165, 1.54) is 38.4 Å². The largest absolute Gasteiger partial charge is 0.277 e. The molecule has 1 aliphatic carbocycles. The predicted molar refractivity (Wildman–Crippen MR) is 285 cm³/mol. The lowest BCUT2D eigenvalue weighted by Gasteiger charge is -2.22. The molecule has 0 saturated heterocycles. The van der Waals surface area contributed by atoms with Crippen molar-refractivity contribution in [2.75, 3.05) is 0 Å². The Labute approximate surface area is 396 Å². The molecule has 0 spiro atoms. The standard InChI is InChI=1S/C62H42N4.C2H6/c1-62(2)54-33-31-41-20-11-12-27-49(41)57(54)52-32-30-46(37-55(52)62)50-28-15-29-51-53-36-44-21-9-10-22-45(44)38-56(53)66(58(50)51)61-64-59(47-25-13-23-42(34-47)39-16-5-3-6-17-39)63-60(65-61)48-26-14-24-43(35-48)40-18-7-4-8-19-40;1-2/h3-38H,1-2H3;1-2H3. The van der Waals surface area contributed by atoms with Crippen molar-refractivity contribution < 1.29 is 0 Å². The molecule has 0 fully saturated rings. The van der Waals surface area contributed by atoms with Gasteiger partial charge in [-0.15, -0.1) is 0 Å². The van der Waals surface area contributed by atoms with E-state index in [0.717, 1.165) is 71.7 Å². The van der Waals surface area contributed by atoms with E-state index in [1.807, 2.05) is 13.8 Å². The molecule has 0 aliphatic heterocycles. The second-order valence-corrected chi connectivity index (χ2v) is 18.0. The van der Waals surface area contributed by atoms with Crippen molar-refractivity contribution in [1.82, 2.24) is 19.5 Å². The van der Waals surface area contributed by atoms with Crippen LogP contribution in [0.3, 0.4) is 0 Å². The molecule has 4 nitrogen and oxygen atoms in total. The molecule has 2 aromatic heterocycles. The average molecular weight is 873 g/mol. The first-order chi connectivity index (χ1) is 33.5. The number of hydrogen-bond acceptors (Lipinski definition) is 3. The molecule has 0 radical (unpaired) electrons. The summed E-state index contributed by atoms with van der Waals surface area (Å²) in [5.74, 6) is 1.78. The molecule has 0 N–H and O–H groups in total. The Kier molecular flexibility index (Phi) is 9.92. The van der Waals surface area contributed by atoms with Crippen LogP contribution >= 0.6 is 0 Å². The predicted octanol–water partition coefficient (Wildman–Crippen LogP) is 16.9. The van der Waals surface area contributed by atoms with E-state index >= 15 is 0 Å². The van der Waals surface area contributed by atoms with Gasteiger partial charge in [0.1, 0.15) is 0 Å². The summed E-state index contributed by atoms with van der Waals surface area (Å²) in [4.78, 5) is 16.3. The molecule has 12 aromatic rings. The lowest BCUT2D eigenvalue weighted by molar-refractivity contribution is 0.661. The number of nitrogens with zero attached hydrogens (tertiary/aromatic N) is 4. The Morgan fingerprint density at radius 2 is 0.897 bits per heavy atom. The van der Waals surface area contributed by atoms with Crippen LogP contribution in [0, 0.1) is 0 Å². The summed E-state index contributed by atoms with van der Waals surface area (Å²) < 4.78 is 2.30. The first-order valence-corrected chi connectivity index (χ1v) is 23.7. The van der Waals surface area contributed by atoms with Crippen LogP contribution in [0.15, 0.2) is 218 Å². The van der Waals surface area contributed by atoms with Crippen LogP contribution in [-0.2, 0) is 5.41 Å². The molecule has 0 saturated carbocycles. The summed E-state index contributed by atoms with van der Waals surface area (Å²) in [7, 11) is 0. The molecule has 324 valence electrons. The van der Waals surface area contributed by atoms with Gasteiger partial charge in [0.05, 0.1) is 11.0 Å². The Morgan fingerprint density at radius 3 is 1.56 bits per heavy atom. The van der Waals surface area contributed by atoms with Crippen LogP contribution in [0.5, 0.6) is 0 Å². The van der Waals surface area contributed by atoms with Gasteiger partial charge < -0.3 is 0 Å². The van der Waals surface area contributed by atoms with Gasteiger partial charge in [0.25, 0.3) is 0 Å². The Balaban J connectivity index is 0.00000237. The molecule has 2 heterocycles. The van der Waals surface area contributed by atoms with E-state index in [2.05, 4.69) is 237 Å². The minimum atomic E-state index is -0.191. The summed E-state index contributed by atoms with van der Waals surface area (Å²) in [6.07, 6.45) is 0. The number of para-hydroxylation sites is 1. The summed E-state index contributed by atoms with van der Waals surface area (Å²) in [5, 5.41) is 7.19. The van der Waals surface area contributed by atoms with Crippen LogP contribution < -0.4 is 0 Å². The van der Waals surface area contributed by atoms with Gasteiger partial charge in [-0.2, -0.15) is 9.97 Å². The van der Waals surface area contributed by atoms with Crippen molar-refractivity contribution in [2.24, 2.45) is 0 Å². The molecule has 1 aliphatic rings. The minimum absolute atomic E-state index is 0.191. The minimum Gasteiger partial charge on any atom is -0.277 e. The second kappa shape index (κ2) is 16.4. The maximum atomic E-state index is 5.48. The van der Waals surface area contributed by atoms with Gasteiger partial charge >= 0.3 is 0 Å². The smallest absolute Gasteiger partial charge is 0.238 e. The molecule has 13 rings (SSSR count). The van der Waals surface area contributed by atoms with E-state index in [-0.39, 0.29) is 5.41 Å². The number of benzene rings is 10. The molecule has 4 heteroatoms. The van der Waals surface area contributed by atoms with Crippen molar-refractivity contribution in [3.63, 3.8) is 0 Å². The second-order valence-electron chi connectivity index (χ2n) is 18.0. The van der Waals surface area contributed by atoms with Gasteiger partial charge in [-0.25, -0.2) is 4.98 Å². The third kappa shape index (κ3) is 6.71.